The Morgan fingerprint density at radius 1 is 1.32 bits per heavy atom. The summed E-state index contributed by atoms with van der Waals surface area (Å²) in [5.74, 6) is -0.571. The summed E-state index contributed by atoms with van der Waals surface area (Å²) in [6, 6.07) is 4.54. The first-order valence-corrected chi connectivity index (χ1v) is 7.11. The van der Waals surface area contributed by atoms with Crippen molar-refractivity contribution in [2.75, 3.05) is 5.32 Å². The third-order valence-electron chi connectivity index (χ3n) is 3.73. The molecule has 1 aliphatic heterocycles. The molecule has 1 aromatic carbocycles. The molecule has 0 saturated carbocycles. The molecule has 1 amide bonds. The van der Waals surface area contributed by atoms with Crippen LogP contribution in [0.5, 0.6) is 0 Å². The summed E-state index contributed by atoms with van der Waals surface area (Å²) in [7, 11) is 0. The summed E-state index contributed by atoms with van der Waals surface area (Å²) < 4.78 is 19.4. The molecule has 0 radical (unpaired) electrons. The van der Waals surface area contributed by atoms with Gasteiger partial charge in [0.2, 0.25) is 5.91 Å². The van der Waals surface area contributed by atoms with Crippen molar-refractivity contribution in [3.8, 4) is 0 Å². The van der Waals surface area contributed by atoms with Gasteiger partial charge in [-0.25, -0.2) is 4.39 Å². The predicted molar refractivity (Wildman–Crippen MR) is 75.4 cm³/mol. The number of nitrogens with one attached hydrogen (secondary N) is 1. The van der Waals surface area contributed by atoms with Crippen LogP contribution in [0.15, 0.2) is 22.7 Å². The van der Waals surface area contributed by atoms with Crippen LogP contribution in [0.25, 0.3) is 0 Å². The smallest absolute Gasteiger partial charge is 0.230 e. The van der Waals surface area contributed by atoms with E-state index in [1.807, 2.05) is 20.8 Å². The Morgan fingerprint density at radius 2 is 2.00 bits per heavy atom. The first-order valence-electron chi connectivity index (χ1n) is 6.31. The second-order valence-corrected chi connectivity index (χ2v) is 5.90. The zero-order valence-electron chi connectivity index (χ0n) is 11.1. The normalized spacial score (nSPS) is 30.4. The van der Waals surface area contributed by atoms with E-state index in [1.165, 1.54) is 6.07 Å². The second kappa shape index (κ2) is 5.59. The van der Waals surface area contributed by atoms with Gasteiger partial charge < -0.3 is 10.1 Å². The zero-order chi connectivity index (χ0) is 14.2. The molecule has 1 N–H and O–H groups in total. The zero-order valence-corrected chi connectivity index (χ0v) is 12.7. The summed E-state index contributed by atoms with van der Waals surface area (Å²) in [4.78, 5) is 12.3. The number of anilines is 1. The Bertz CT molecular complexity index is 494. The van der Waals surface area contributed by atoms with Gasteiger partial charge >= 0.3 is 0 Å². The first-order chi connectivity index (χ1) is 8.90. The van der Waals surface area contributed by atoms with Gasteiger partial charge in [-0.2, -0.15) is 0 Å². The Hall–Kier alpha value is -0.940. The molecule has 0 bridgehead atoms. The number of halogens is 2. The molecule has 1 aromatic rings. The Kier molecular flexibility index (Phi) is 4.26. The van der Waals surface area contributed by atoms with Crippen molar-refractivity contribution in [1.29, 1.82) is 0 Å². The largest absolute Gasteiger partial charge is 0.374 e. The van der Waals surface area contributed by atoms with Gasteiger partial charge in [0.05, 0.1) is 22.6 Å². The summed E-state index contributed by atoms with van der Waals surface area (Å²) in [5, 5.41) is 2.75. The lowest BCUT2D eigenvalue weighted by atomic mass is 9.89. The third-order valence-corrected chi connectivity index (χ3v) is 4.37. The average molecular weight is 330 g/mol. The number of amides is 1. The first kappa shape index (κ1) is 14.5. The SMILES string of the molecule is CC1OC(C)C(C(=O)Nc2ccc(Br)c(F)c2)C1C. The molecule has 4 atom stereocenters. The van der Waals surface area contributed by atoms with E-state index in [0.29, 0.717) is 10.2 Å². The van der Waals surface area contributed by atoms with E-state index >= 15 is 0 Å². The van der Waals surface area contributed by atoms with E-state index in [1.54, 1.807) is 12.1 Å². The summed E-state index contributed by atoms with van der Waals surface area (Å²) in [6.45, 7) is 5.86. The highest BCUT2D eigenvalue weighted by atomic mass is 79.9. The standard InChI is InChI=1S/C14H17BrFNO2/c1-7-8(2)19-9(3)13(7)14(18)17-10-4-5-11(15)12(16)6-10/h4-9,13H,1-3H3,(H,17,18). The molecule has 5 heteroatoms. The molecule has 1 aliphatic rings. The van der Waals surface area contributed by atoms with Crippen LogP contribution in [0.4, 0.5) is 10.1 Å². The summed E-state index contributed by atoms with van der Waals surface area (Å²) >= 11 is 3.08. The topological polar surface area (TPSA) is 38.3 Å². The third kappa shape index (κ3) is 2.98. The van der Waals surface area contributed by atoms with Crippen molar-refractivity contribution in [3.05, 3.63) is 28.5 Å². The number of rotatable bonds is 2. The van der Waals surface area contributed by atoms with Crippen molar-refractivity contribution in [1.82, 2.24) is 0 Å². The minimum atomic E-state index is -0.394. The van der Waals surface area contributed by atoms with Crippen molar-refractivity contribution < 1.29 is 13.9 Å². The molecule has 19 heavy (non-hydrogen) atoms. The van der Waals surface area contributed by atoms with Crippen molar-refractivity contribution in [2.24, 2.45) is 11.8 Å². The van der Waals surface area contributed by atoms with E-state index in [-0.39, 0.29) is 30.0 Å². The van der Waals surface area contributed by atoms with Crippen LogP contribution in [0.3, 0.4) is 0 Å². The van der Waals surface area contributed by atoms with Crippen molar-refractivity contribution in [3.63, 3.8) is 0 Å². The molecule has 104 valence electrons. The Labute approximate surface area is 120 Å². The van der Waals surface area contributed by atoms with E-state index < -0.39 is 5.82 Å². The van der Waals surface area contributed by atoms with Crippen LogP contribution in [0.1, 0.15) is 20.8 Å². The number of hydrogen-bond donors (Lipinski definition) is 1. The van der Waals surface area contributed by atoms with E-state index in [0.717, 1.165) is 0 Å². The van der Waals surface area contributed by atoms with E-state index in [4.69, 9.17) is 4.74 Å². The number of ether oxygens (including phenoxy) is 1. The van der Waals surface area contributed by atoms with E-state index in [2.05, 4.69) is 21.2 Å². The maximum Gasteiger partial charge on any atom is 0.230 e. The molecule has 3 nitrogen and oxygen atoms in total. The minimum absolute atomic E-state index is 0.0624. The fraction of sp³-hybridized carbons (Fsp3) is 0.500. The van der Waals surface area contributed by atoms with Gasteiger partial charge in [-0.15, -0.1) is 0 Å². The van der Waals surface area contributed by atoms with Crippen LogP contribution >= 0.6 is 15.9 Å². The number of benzene rings is 1. The molecular weight excluding hydrogens is 313 g/mol. The quantitative estimate of drug-likeness (QED) is 0.900. The lowest BCUT2D eigenvalue weighted by Gasteiger charge is -2.18. The second-order valence-electron chi connectivity index (χ2n) is 5.05. The fourth-order valence-electron chi connectivity index (χ4n) is 2.52. The van der Waals surface area contributed by atoms with Crippen LogP contribution in [0, 0.1) is 17.7 Å². The van der Waals surface area contributed by atoms with Gasteiger partial charge in [-0.05, 0) is 53.9 Å². The van der Waals surface area contributed by atoms with Crippen LogP contribution in [0.2, 0.25) is 0 Å². The molecule has 0 aromatic heterocycles. The number of hydrogen-bond acceptors (Lipinski definition) is 2. The summed E-state index contributed by atoms with van der Waals surface area (Å²) in [6.07, 6.45) is -0.0577. The molecule has 1 heterocycles. The monoisotopic (exact) mass is 329 g/mol. The number of carbonyl (C=O) groups excluding carboxylic acids is 1. The molecule has 1 fully saturated rings. The molecule has 0 spiro atoms. The van der Waals surface area contributed by atoms with Gasteiger partial charge in [0.25, 0.3) is 0 Å². The van der Waals surface area contributed by atoms with Gasteiger partial charge in [0.1, 0.15) is 5.82 Å². The van der Waals surface area contributed by atoms with Crippen LogP contribution in [-0.4, -0.2) is 18.1 Å². The van der Waals surface area contributed by atoms with Crippen molar-refractivity contribution >= 4 is 27.5 Å². The molecule has 0 aliphatic carbocycles. The van der Waals surface area contributed by atoms with Gasteiger partial charge in [0.15, 0.2) is 0 Å². The number of carbonyl (C=O) groups is 1. The van der Waals surface area contributed by atoms with Crippen molar-refractivity contribution in [2.45, 2.75) is 33.0 Å². The predicted octanol–water partition coefficient (Wildman–Crippen LogP) is 3.59. The lowest BCUT2D eigenvalue weighted by molar-refractivity contribution is -0.121. The van der Waals surface area contributed by atoms with Crippen LogP contribution in [-0.2, 0) is 9.53 Å². The molecule has 2 rings (SSSR count). The maximum absolute atomic E-state index is 13.4. The van der Waals surface area contributed by atoms with Gasteiger partial charge in [-0.3, -0.25) is 4.79 Å². The minimum Gasteiger partial charge on any atom is -0.374 e. The van der Waals surface area contributed by atoms with Gasteiger partial charge in [0, 0.05) is 5.69 Å². The highest BCUT2D eigenvalue weighted by Crippen LogP contribution is 2.33. The molecule has 4 unspecified atom stereocenters. The lowest BCUT2D eigenvalue weighted by Crippen LogP contribution is -2.32. The maximum atomic E-state index is 13.4. The summed E-state index contributed by atoms with van der Waals surface area (Å²) in [5.41, 5.74) is 0.463. The fourth-order valence-corrected chi connectivity index (χ4v) is 2.76. The highest BCUT2D eigenvalue weighted by Gasteiger charge is 2.41. The highest BCUT2D eigenvalue weighted by molar-refractivity contribution is 9.10. The molecular formula is C14H17BrFNO2. The Balaban J connectivity index is 2.10. The average Bonchev–Trinajstić information content (AvgIpc) is 2.58. The Morgan fingerprint density at radius 3 is 2.53 bits per heavy atom. The molecule has 1 saturated heterocycles. The van der Waals surface area contributed by atoms with E-state index in [9.17, 15) is 9.18 Å². The van der Waals surface area contributed by atoms with Crippen LogP contribution < -0.4 is 5.32 Å². The van der Waals surface area contributed by atoms with Gasteiger partial charge in [-0.1, -0.05) is 6.92 Å².